The minimum absolute atomic E-state index is 0.455. The van der Waals surface area contributed by atoms with Crippen LogP contribution in [0, 0.1) is 0 Å². The van der Waals surface area contributed by atoms with E-state index in [-0.39, 0.29) is 0 Å². The second kappa shape index (κ2) is 3.57. The van der Waals surface area contributed by atoms with Gasteiger partial charge in [-0.1, -0.05) is 12.1 Å². The van der Waals surface area contributed by atoms with Gasteiger partial charge in [-0.25, -0.2) is 4.98 Å². The van der Waals surface area contributed by atoms with E-state index in [0.717, 1.165) is 11.0 Å². The predicted octanol–water partition coefficient (Wildman–Crippen LogP) is 2.94. The van der Waals surface area contributed by atoms with Crippen molar-refractivity contribution in [2.24, 2.45) is 0 Å². The SMILES string of the molecule is Nc1cnc2cc(-c3cccs3)ccc2n1. The van der Waals surface area contributed by atoms with Crippen LogP contribution >= 0.6 is 11.3 Å². The number of anilines is 1. The van der Waals surface area contributed by atoms with Crippen LogP contribution in [0.25, 0.3) is 21.5 Å². The van der Waals surface area contributed by atoms with Gasteiger partial charge in [0.25, 0.3) is 0 Å². The van der Waals surface area contributed by atoms with Crippen LogP contribution in [0.5, 0.6) is 0 Å². The highest BCUT2D eigenvalue weighted by Gasteiger charge is 2.02. The van der Waals surface area contributed by atoms with E-state index in [0.29, 0.717) is 5.82 Å². The zero-order chi connectivity index (χ0) is 11.0. The molecule has 0 aliphatic carbocycles. The van der Waals surface area contributed by atoms with Gasteiger partial charge in [0.05, 0.1) is 17.2 Å². The van der Waals surface area contributed by atoms with Crippen LogP contribution in [0.2, 0.25) is 0 Å². The highest BCUT2D eigenvalue weighted by Crippen LogP contribution is 2.26. The van der Waals surface area contributed by atoms with Gasteiger partial charge in [-0.15, -0.1) is 11.3 Å². The molecule has 2 heterocycles. The molecule has 0 amide bonds. The monoisotopic (exact) mass is 227 g/mol. The van der Waals surface area contributed by atoms with Crippen molar-refractivity contribution < 1.29 is 0 Å². The quantitative estimate of drug-likeness (QED) is 0.695. The van der Waals surface area contributed by atoms with Crippen LogP contribution in [0.1, 0.15) is 0 Å². The molecule has 0 aliphatic heterocycles. The summed E-state index contributed by atoms with van der Waals surface area (Å²) in [6, 6.07) is 10.2. The van der Waals surface area contributed by atoms with Gasteiger partial charge in [0.2, 0.25) is 0 Å². The molecule has 0 saturated heterocycles. The number of rotatable bonds is 1. The van der Waals surface area contributed by atoms with E-state index in [4.69, 9.17) is 5.73 Å². The van der Waals surface area contributed by atoms with Gasteiger partial charge in [-0.05, 0) is 29.1 Å². The molecule has 4 heteroatoms. The molecule has 0 spiro atoms. The van der Waals surface area contributed by atoms with E-state index in [1.165, 1.54) is 10.4 Å². The summed E-state index contributed by atoms with van der Waals surface area (Å²) < 4.78 is 0. The Labute approximate surface area is 96.6 Å². The number of nitrogens with two attached hydrogens (primary N) is 1. The zero-order valence-electron chi connectivity index (χ0n) is 8.42. The Hall–Kier alpha value is -1.94. The zero-order valence-corrected chi connectivity index (χ0v) is 9.24. The van der Waals surface area contributed by atoms with E-state index >= 15 is 0 Å². The number of hydrogen-bond acceptors (Lipinski definition) is 4. The van der Waals surface area contributed by atoms with Crippen LogP contribution in [0.4, 0.5) is 5.82 Å². The maximum atomic E-state index is 5.58. The normalized spacial score (nSPS) is 10.8. The number of thiophene rings is 1. The Bertz CT molecular complexity index is 632. The molecule has 3 aromatic rings. The first-order valence-corrected chi connectivity index (χ1v) is 5.77. The molecule has 3 rings (SSSR count). The fourth-order valence-corrected chi connectivity index (χ4v) is 2.35. The van der Waals surface area contributed by atoms with Crippen molar-refractivity contribution in [3.63, 3.8) is 0 Å². The third kappa shape index (κ3) is 1.53. The molecular weight excluding hydrogens is 218 g/mol. The Morgan fingerprint density at radius 1 is 1.12 bits per heavy atom. The maximum absolute atomic E-state index is 5.58. The van der Waals surface area contributed by atoms with Crippen molar-refractivity contribution in [1.82, 2.24) is 9.97 Å². The number of benzene rings is 1. The van der Waals surface area contributed by atoms with Crippen molar-refractivity contribution in [3.05, 3.63) is 41.9 Å². The molecule has 0 fully saturated rings. The van der Waals surface area contributed by atoms with Crippen LogP contribution < -0.4 is 5.73 Å². The molecule has 2 aromatic heterocycles. The molecule has 0 aliphatic rings. The molecule has 78 valence electrons. The molecule has 2 N–H and O–H groups in total. The third-order valence-corrected chi connectivity index (χ3v) is 3.29. The van der Waals surface area contributed by atoms with E-state index in [2.05, 4.69) is 21.4 Å². The molecular formula is C12H9N3S. The molecule has 0 atom stereocenters. The van der Waals surface area contributed by atoms with Crippen molar-refractivity contribution in [1.29, 1.82) is 0 Å². The molecule has 0 saturated carbocycles. The average Bonchev–Trinajstić information content (AvgIpc) is 2.82. The lowest BCUT2D eigenvalue weighted by atomic mass is 10.1. The molecule has 0 radical (unpaired) electrons. The molecule has 3 nitrogen and oxygen atoms in total. The van der Waals surface area contributed by atoms with E-state index in [1.54, 1.807) is 17.5 Å². The Morgan fingerprint density at radius 2 is 2.06 bits per heavy atom. The maximum Gasteiger partial charge on any atom is 0.142 e. The van der Waals surface area contributed by atoms with Crippen LogP contribution in [-0.2, 0) is 0 Å². The van der Waals surface area contributed by atoms with Crippen LogP contribution in [0.15, 0.2) is 41.9 Å². The first-order chi connectivity index (χ1) is 7.83. The molecule has 0 bridgehead atoms. The Morgan fingerprint density at radius 3 is 2.88 bits per heavy atom. The van der Waals surface area contributed by atoms with Gasteiger partial charge in [0, 0.05) is 4.88 Å². The minimum atomic E-state index is 0.455. The van der Waals surface area contributed by atoms with Gasteiger partial charge >= 0.3 is 0 Å². The fourth-order valence-electron chi connectivity index (χ4n) is 1.62. The van der Waals surface area contributed by atoms with Gasteiger partial charge in [-0.3, -0.25) is 4.98 Å². The second-order valence-electron chi connectivity index (χ2n) is 3.48. The van der Waals surface area contributed by atoms with Crippen molar-refractivity contribution in [3.8, 4) is 10.4 Å². The van der Waals surface area contributed by atoms with Gasteiger partial charge < -0.3 is 5.73 Å². The Balaban J connectivity index is 2.20. The number of fused-ring (bicyclic) bond motifs is 1. The average molecular weight is 227 g/mol. The molecule has 0 unspecified atom stereocenters. The summed E-state index contributed by atoms with van der Waals surface area (Å²) in [6.07, 6.45) is 1.58. The highest BCUT2D eigenvalue weighted by molar-refractivity contribution is 7.13. The van der Waals surface area contributed by atoms with Gasteiger partial charge in [-0.2, -0.15) is 0 Å². The second-order valence-corrected chi connectivity index (χ2v) is 4.42. The number of aromatic nitrogens is 2. The van der Waals surface area contributed by atoms with Crippen molar-refractivity contribution in [2.75, 3.05) is 5.73 Å². The van der Waals surface area contributed by atoms with Crippen LogP contribution in [-0.4, -0.2) is 9.97 Å². The standard InChI is InChI=1S/C12H9N3S/c13-12-7-14-10-6-8(3-4-9(10)15-12)11-2-1-5-16-11/h1-7H,(H2,13,15). The van der Waals surface area contributed by atoms with Gasteiger partial charge in [0.15, 0.2) is 0 Å². The van der Waals surface area contributed by atoms with Gasteiger partial charge in [0.1, 0.15) is 5.82 Å². The third-order valence-electron chi connectivity index (χ3n) is 2.37. The summed E-state index contributed by atoms with van der Waals surface area (Å²) in [6.45, 7) is 0. The van der Waals surface area contributed by atoms with E-state index < -0.39 is 0 Å². The molecule has 16 heavy (non-hydrogen) atoms. The van der Waals surface area contributed by atoms with E-state index in [1.807, 2.05) is 24.3 Å². The highest BCUT2D eigenvalue weighted by atomic mass is 32.1. The first-order valence-electron chi connectivity index (χ1n) is 4.89. The Kier molecular flexibility index (Phi) is 2.08. The minimum Gasteiger partial charge on any atom is -0.382 e. The van der Waals surface area contributed by atoms with Crippen molar-refractivity contribution in [2.45, 2.75) is 0 Å². The fraction of sp³-hybridized carbons (Fsp3) is 0. The number of nitrogen functional groups attached to an aromatic ring is 1. The van der Waals surface area contributed by atoms with Crippen molar-refractivity contribution >= 4 is 28.2 Å². The largest absolute Gasteiger partial charge is 0.382 e. The smallest absolute Gasteiger partial charge is 0.142 e. The molecule has 1 aromatic carbocycles. The summed E-state index contributed by atoms with van der Waals surface area (Å²) in [5.74, 6) is 0.455. The predicted molar refractivity (Wildman–Crippen MR) is 67.3 cm³/mol. The van der Waals surface area contributed by atoms with E-state index in [9.17, 15) is 0 Å². The number of nitrogens with zero attached hydrogens (tertiary/aromatic N) is 2. The summed E-state index contributed by atoms with van der Waals surface area (Å²) in [5.41, 5.74) is 8.46. The summed E-state index contributed by atoms with van der Waals surface area (Å²) in [7, 11) is 0. The lowest BCUT2D eigenvalue weighted by molar-refractivity contribution is 1.30. The lowest BCUT2D eigenvalue weighted by Gasteiger charge is -2.01. The topological polar surface area (TPSA) is 51.8 Å². The summed E-state index contributed by atoms with van der Waals surface area (Å²) >= 11 is 1.71. The lowest BCUT2D eigenvalue weighted by Crippen LogP contribution is -1.92. The first kappa shape index (κ1) is 9.30. The summed E-state index contributed by atoms with van der Waals surface area (Å²) in [4.78, 5) is 9.72. The summed E-state index contributed by atoms with van der Waals surface area (Å²) in [5, 5.41) is 2.06. The number of hydrogen-bond donors (Lipinski definition) is 1. The van der Waals surface area contributed by atoms with Crippen LogP contribution in [0.3, 0.4) is 0 Å².